The predicted molar refractivity (Wildman–Crippen MR) is 116 cm³/mol. The third kappa shape index (κ3) is 4.47. The molecule has 0 bridgehead atoms. The van der Waals surface area contributed by atoms with Crippen LogP contribution in [0.4, 0.5) is 0 Å². The molecule has 0 aliphatic carbocycles. The first kappa shape index (κ1) is 19.6. The van der Waals surface area contributed by atoms with E-state index in [0.29, 0.717) is 0 Å². The second-order valence-corrected chi connectivity index (χ2v) is 9.00. The van der Waals surface area contributed by atoms with Crippen LogP contribution < -0.4 is 0 Å². The van der Waals surface area contributed by atoms with Crippen LogP contribution in [0.25, 0.3) is 11.3 Å². The zero-order valence-corrected chi connectivity index (χ0v) is 18.1. The summed E-state index contributed by atoms with van der Waals surface area (Å²) in [6.07, 6.45) is 4.93. The molecule has 2 aliphatic heterocycles. The van der Waals surface area contributed by atoms with Gasteiger partial charge >= 0.3 is 0 Å². The van der Waals surface area contributed by atoms with E-state index in [4.69, 9.17) is 4.98 Å². The molecule has 28 heavy (non-hydrogen) atoms. The second kappa shape index (κ2) is 8.75. The summed E-state index contributed by atoms with van der Waals surface area (Å²) in [6.45, 7) is 7.40. The van der Waals surface area contributed by atoms with E-state index in [1.807, 2.05) is 42.2 Å². The highest BCUT2D eigenvalue weighted by Crippen LogP contribution is 2.25. The summed E-state index contributed by atoms with van der Waals surface area (Å²) in [6, 6.07) is 12.0. The molecule has 2 saturated heterocycles. The quantitative estimate of drug-likeness (QED) is 0.685. The van der Waals surface area contributed by atoms with Gasteiger partial charge in [0.1, 0.15) is 0 Å². The first-order chi connectivity index (χ1) is 13.6. The van der Waals surface area contributed by atoms with Crippen LogP contribution in [0.2, 0.25) is 0 Å². The Morgan fingerprint density at radius 2 is 1.86 bits per heavy atom. The largest absolute Gasteiger partial charge is 0.339 e. The van der Waals surface area contributed by atoms with Crippen molar-refractivity contribution in [2.24, 2.45) is 5.92 Å². The van der Waals surface area contributed by atoms with E-state index in [1.165, 1.54) is 32.5 Å². The van der Waals surface area contributed by atoms with Crippen molar-refractivity contribution in [3.05, 3.63) is 52.1 Å². The van der Waals surface area contributed by atoms with Crippen LogP contribution >= 0.6 is 15.9 Å². The molecule has 5 heteroatoms. The number of aromatic nitrogens is 1. The zero-order chi connectivity index (χ0) is 19.5. The van der Waals surface area contributed by atoms with E-state index in [9.17, 15) is 4.79 Å². The number of amides is 1. The average Bonchev–Trinajstić information content (AvgIpc) is 3.21. The van der Waals surface area contributed by atoms with E-state index in [-0.39, 0.29) is 5.91 Å². The number of carbonyl (C=O) groups is 1. The Morgan fingerprint density at radius 3 is 2.54 bits per heavy atom. The molecule has 0 atom stereocenters. The number of aryl methyl sites for hydroxylation is 1. The van der Waals surface area contributed by atoms with Crippen LogP contribution in [0.3, 0.4) is 0 Å². The summed E-state index contributed by atoms with van der Waals surface area (Å²) in [7, 11) is 0. The van der Waals surface area contributed by atoms with E-state index in [1.54, 1.807) is 0 Å². The topological polar surface area (TPSA) is 36.4 Å². The lowest BCUT2D eigenvalue weighted by atomic mass is 9.95. The van der Waals surface area contributed by atoms with Crippen LogP contribution in [0.15, 0.2) is 40.9 Å². The molecule has 4 nitrogen and oxygen atoms in total. The number of likely N-dealkylation sites (tertiary alicyclic amines) is 2. The van der Waals surface area contributed by atoms with Crippen molar-refractivity contribution in [2.75, 3.05) is 32.7 Å². The van der Waals surface area contributed by atoms with Crippen LogP contribution in [0, 0.1) is 12.8 Å². The number of pyridine rings is 1. The molecule has 4 rings (SSSR count). The Balaban J connectivity index is 1.39. The highest BCUT2D eigenvalue weighted by molar-refractivity contribution is 9.10. The van der Waals surface area contributed by atoms with Crippen LogP contribution in [-0.2, 0) is 0 Å². The van der Waals surface area contributed by atoms with Crippen molar-refractivity contribution in [2.45, 2.75) is 32.6 Å². The summed E-state index contributed by atoms with van der Waals surface area (Å²) >= 11 is 3.51. The van der Waals surface area contributed by atoms with Gasteiger partial charge in [-0.25, -0.2) is 0 Å². The molecule has 3 heterocycles. The standard InChI is InChI=1S/C23H28BrN3O/c1-17-21(7-8-22(25-17)19-5-4-6-20(24)15-19)23(28)27-13-9-18(10-14-27)16-26-11-2-3-12-26/h4-8,15,18H,2-3,9-14,16H2,1H3. The van der Waals surface area contributed by atoms with Crippen molar-refractivity contribution in [3.8, 4) is 11.3 Å². The van der Waals surface area contributed by atoms with Gasteiger partial charge in [-0.1, -0.05) is 28.1 Å². The predicted octanol–water partition coefficient (Wildman–Crippen LogP) is 4.77. The third-order valence-corrected chi connectivity index (χ3v) is 6.55. The van der Waals surface area contributed by atoms with Gasteiger partial charge < -0.3 is 9.80 Å². The smallest absolute Gasteiger partial charge is 0.255 e. The van der Waals surface area contributed by atoms with Gasteiger partial charge in [0.05, 0.1) is 17.0 Å². The molecule has 0 spiro atoms. The Hall–Kier alpha value is -1.72. The Labute approximate surface area is 176 Å². The molecule has 2 aromatic rings. The fourth-order valence-corrected chi connectivity index (χ4v) is 4.81. The molecule has 0 unspecified atom stereocenters. The molecule has 2 fully saturated rings. The van der Waals surface area contributed by atoms with Crippen molar-refractivity contribution in [1.82, 2.24) is 14.8 Å². The summed E-state index contributed by atoms with van der Waals surface area (Å²) in [4.78, 5) is 22.4. The van der Waals surface area contributed by atoms with E-state index < -0.39 is 0 Å². The fraction of sp³-hybridized carbons (Fsp3) is 0.478. The van der Waals surface area contributed by atoms with Gasteiger partial charge in [-0.05, 0) is 75.9 Å². The normalized spacial score (nSPS) is 18.6. The van der Waals surface area contributed by atoms with Crippen molar-refractivity contribution in [1.29, 1.82) is 0 Å². The number of carbonyl (C=O) groups excluding carboxylic acids is 1. The van der Waals surface area contributed by atoms with Crippen molar-refractivity contribution in [3.63, 3.8) is 0 Å². The molecule has 1 amide bonds. The van der Waals surface area contributed by atoms with Crippen molar-refractivity contribution >= 4 is 21.8 Å². The zero-order valence-electron chi connectivity index (χ0n) is 16.5. The lowest BCUT2D eigenvalue weighted by Crippen LogP contribution is -2.41. The second-order valence-electron chi connectivity index (χ2n) is 8.08. The lowest BCUT2D eigenvalue weighted by Gasteiger charge is -2.34. The average molecular weight is 442 g/mol. The summed E-state index contributed by atoms with van der Waals surface area (Å²) in [5.41, 5.74) is 3.50. The minimum atomic E-state index is 0.130. The molecule has 1 aromatic heterocycles. The molecular weight excluding hydrogens is 414 g/mol. The van der Waals surface area contributed by atoms with Gasteiger partial charge in [0.25, 0.3) is 5.91 Å². The maximum atomic E-state index is 13.0. The van der Waals surface area contributed by atoms with E-state index in [0.717, 1.165) is 58.8 Å². The first-order valence-corrected chi connectivity index (χ1v) is 11.1. The maximum Gasteiger partial charge on any atom is 0.255 e. The van der Waals surface area contributed by atoms with Gasteiger partial charge in [0, 0.05) is 29.7 Å². The summed E-state index contributed by atoms with van der Waals surface area (Å²) in [5, 5.41) is 0. The van der Waals surface area contributed by atoms with Gasteiger partial charge in [-0.15, -0.1) is 0 Å². The number of benzene rings is 1. The van der Waals surface area contributed by atoms with E-state index in [2.05, 4.69) is 26.9 Å². The van der Waals surface area contributed by atoms with E-state index >= 15 is 0 Å². The number of halogens is 1. The Kier molecular flexibility index (Phi) is 6.12. The van der Waals surface area contributed by atoms with Crippen LogP contribution in [-0.4, -0.2) is 53.4 Å². The van der Waals surface area contributed by atoms with Gasteiger partial charge in [0.2, 0.25) is 0 Å². The molecule has 148 valence electrons. The maximum absolute atomic E-state index is 13.0. The number of hydrogen-bond acceptors (Lipinski definition) is 3. The fourth-order valence-electron chi connectivity index (χ4n) is 4.41. The number of piperidine rings is 1. The van der Waals surface area contributed by atoms with Gasteiger partial charge in [-0.2, -0.15) is 0 Å². The minimum absolute atomic E-state index is 0.130. The highest BCUT2D eigenvalue weighted by atomic mass is 79.9. The lowest BCUT2D eigenvalue weighted by molar-refractivity contribution is 0.0672. The molecule has 0 radical (unpaired) electrons. The number of rotatable bonds is 4. The summed E-state index contributed by atoms with van der Waals surface area (Å²) < 4.78 is 1.03. The highest BCUT2D eigenvalue weighted by Gasteiger charge is 2.26. The Bertz CT molecular complexity index is 839. The minimum Gasteiger partial charge on any atom is -0.339 e. The Morgan fingerprint density at radius 1 is 1.11 bits per heavy atom. The summed E-state index contributed by atoms with van der Waals surface area (Å²) in [5.74, 6) is 0.866. The molecular formula is C23H28BrN3O. The molecule has 2 aliphatic rings. The first-order valence-electron chi connectivity index (χ1n) is 10.4. The van der Waals surface area contributed by atoms with Crippen molar-refractivity contribution < 1.29 is 4.79 Å². The van der Waals surface area contributed by atoms with Crippen LogP contribution in [0.5, 0.6) is 0 Å². The molecule has 0 saturated carbocycles. The number of hydrogen-bond donors (Lipinski definition) is 0. The monoisotopic (exact) mass is 441 g/mol. The third-order valence-electron chi connectivity index (χ3n) is 6.05. The van der Waals surface area contributed by atoms with Crippen LogP contribution in [0.1, 0.15) is 41.7 Å². The molecule has 0 N–H and O–H groups in total. The number of nitrogens with zero attached hydrogens (tertiary/aromatic N) is 3. The molecule has 1 aromatic carbocycles. The SMILES string of the molecule is Cc1nc(-c2cccc(Br)c2)ccc1C(=O)N1CCC(CN2CCCC2)CC1. The van der Waals surface area contributed by atoms with Gasteiger partial charge in [-0.3, -0.25) is 9.78 Å². The van der Waals surface area contributed by atoms with Gasteiger partial charge in [0.15, 0.2) is 0 Å².